The molecule has 1 nitrogen and oxygen atoms in total. The van der Waals surface area contributed by atoms with Gasteiger partial charge >= 0.3 is 0 Å². The Morgan fingerprint density at radius 2 is 1.68 bits per heavy atom. The van der Waals surface area contributed by atoms with Gasteiger partial charge in [0, 0.05) is 5.56 Å². The topological polar surface area (TPSA) is 20.2 Å². The van der Waals surface area contributed by atoms with Crippen molar-refractivity contribution in [1.82, 2.24) is 0 Å². The quantitative estimate of drug-likeness (QED) is 0.814. The number of hydrogen-bond donors (Lipinski definition) is 1. The number of hydrogen-bond acceptors (Lipinski definition) is 1. The van der Waals surface area contributed by atoms with Crippen molar-refractivity contribution in [2.75, 3.05) is 0 Å². The van der Waals surface area contributed by atoms with Gasteiger partial charge in [0.1, 0.15) is 17.7 Å². The van der Waals surface area contributed by atoms with Gasteiger partial charge in [-0.05, 0) is 37.1 Å². The molecule has 0 aliphatic rings. The number of halogens is 3. The predicted molar refractivity (Wildman–Crippen MR) is 71.3 cm³/mol. The molecule has 0 aliphatic heterocycles. The van der Waals surface area contributed by atoms with Crippen LogP contribution in [0.1, 0.15) is 28.4 Å². The fourth-order valence-corrected chi connectivity index (χ4v) is 2.20. The standard InChI is InChI=1S/C15H13ClF2O/c1-8-3-4-10(9(2)5-8)15(19)11-6-14(18)12(16)7-13(11)17/h3-7,15,19H,1-2H3. The molecule has 2 aromatic rings. The third kappa shape index (κ3) is 2.77. The normalized spacial score (nSPS) is 12.5. The lowest BCUT2D eigenvalue weighted by atomic mass is 9.96. The summed E-state index contributed by atoms with van der Waals surface area (Å²) in [4.78, 5) is 0. The second kappa shape index (κ2) is 5.27. The lowest BCUT2D eigenvalue weighted by Crippen LogP contribution is -2.05. The molecule has 0 saturated carbocycles. The summed E-state index contributed by atoms with van der Waals surface area (Å²) in [5.41, 5.74) is 2.29. The predicted octanol–water partition coefficient (Wildman–Crippen LogP) is 4.32. The van der Waals surface area contributed by atoms with Crippen LogP contribution in [0.5, 0.6) is 0 Å². The van der Waals surface area contributed by atoms with Gasteiger partial charge in [0.15, 0.2) is 0 Å². The number of aryl methyl sites for hydroxylation is 2. The molecule has 0 aromatic heterocycles. The first-order valence-corrected chi connectivity index (χ1v) is 6.17. The van der Waals surface area contributed by atoms with Crippen LogP contribution in [0.4, 0.5) is 8.78 Å². The van der Waals surface area contributed by atoms with Gasteiger partial charge < -0.3 is 5.11 Å². The molecule has 1 atom stereocenters. The SMILES string of the molecule is Cc1ccc(C(O)c2cc(F)c(Cl)cc2F)c(C)c1. The molecule has 0 fully saturated rings. The van der Waals surface area contributed by atoms with Crippen LogP contribution in [0.2, 0.25) is 5.02 Å². The van der Waals surface area contributed by atoms with Crippen molar-refractivity contribution in [3.05, 3.63) is 69.2 Å². The molecule has 2 rings (SSSR count). The lowest BCUT2D eigenvalue weighted by Gasteiger charge is -2.16. The zero-order valence-corrected chi connectivity index (χ0v) is 11.3. The molecule has 1 N–H and O–H groups in total. The van der Waals surface area contributed by atoms with Crippen molar-refractivity contribution in [1.29, 1.82) is 0 Å². The third-order valence-electron chi connectivity index (χ3n) is 3.05. The van der Waals surface area contributed by atoms with E-state index >= 15 is 0 Å². The van der Waals surface area contributed by atoms with Crippen LogP contribution in [0, 0.1) is 25.5 Å². The van der Waals surface area contributed by atoms with E-state index in [-0.39, 0.29) is 10.6 Å². The van der Waals surface area contributed by atoms with Crippen LogP contribution in [0.3, 0.4) is 0 Å². The Balaban J connectivity index is 2.49. The van der Waals surface area contributed by atoms with E-state index in [4.69, 9.17) is 11.6 Å². The van der Waals surface area contributed by atoms with Crippen molar-refractivity contribution in [2.45, 2.75) is 20.0 Å². The van der Waals surface area contributed by atoms with Crippen molar-refractivity contribution in [3.63, 3.8) is 0 Å². The molecule has 2 aromatic carbocycles. The van der Waals surface area contributed by atoms with E-state index in [9.17, 15) is 13.9 Å². The molecule has 100 valence electrons. The Labute approximate surface area is 115 Å². The molecule has 0 aliphatic carbocycles. The Morgan fingerprint density at radius 1 is 1.00 bits per heavy atom. The van der Waals surface area contributed by atoms with Crippen molar-refractivity contribution >= 4 is 11.6 Å². The monoisotopic (exact) mass is 282 g/mol. The fraction of sp³-hybridized carbons (Fsp3) is 0.200. The second-order valence-electron chi connectivity index (χ2n) is 4.55. The minimum atomic E-state index is -1.22. The van der Waals surface area contributed by atoms with E-state index < -0.39 is 17.7 Å². The molecule has 0 heterocycles. The maximum atomic E-state index is 13.8. The fourth-order valence-electron chi connectivity index (χ4n) is 2.05. The van der Waals surface area contributed by atoms with Gasteiger partial charge in [0.25, 0.3) is 0 Å². The summed E-state index contributed by atoms with van der Waals surface area (Å²) in [7, 11) is 0. The molecular weight excluding hydrogens is 270 g/mol. The summed E-state index contributed by atoms with van der Waals surface area (Å²) < 4.78 is 27.2. The van der Waals surface area contributed by atoms with Gasteiger partial charge in [-0.25, -0.2) is 8.78 Å². The molecule has 4 heteroatoms. The molecule has 0 spiro atoms. The molecule has 0 radical (unpaired) electrons. The molecule has 0 amide bonds. The molecule has 0 saturated heterocycles. The first kappa shape index (κ1) is 14.0. The average Bonchev–Trinajstić information content (AvgIpc) is 2.33. The largest absolute Gasteiger partial charge is 0.384 e. The van der Waals surface area contributed by atoms with Gasteiger partial charge in [0.2, 0.25) is 0 Å². The molecule has 19 heavy (non-hydrogen) atoms. The number of benzene rings is 2. The Kier molecular flexibility index (Phi) is 3.88. The van der Waals surface area contributed by atoms with Gasteiger partial charge in [-0.15, -0.1) is 0 Å². The lowest BCUT2D eigenvalue weighted by molar-refractivity contribution is 0.213. The summed E-state index contributed by atoms with van der Waals surface area (Å²) in [5, 5.41) is 9.91. The van der Waals surface area contributed by atoms with Crippen LogP contribution in [0.15, 0.2) is 30.3 Å². The van der Waals surface area contributed by atoms with Gasteiger partial charge in [-0.2, -0.15) is 0 Å². The summed E-state index contributed by atoms with van der Waals surface area (Å²) >= 11 is 5.49. The maximum absolute atomic E-state index is 13.8. The molecule has 1 unspecified atom stereocenters. The van der Waals surface area contributed by atoms with Crippen LogP contribution >= 0.6 is 11.6 Å². The molecule has 0 bridgehead atoms. The number of aliphatic hydroxyl groups is 1. The van der Waals surface area contributed by atoms with Gasteiger partial charge in [-0.1, -0.05) is 35.4 Å². The maximum Gasteiger partial charge on any atom is 0.142 e. The van der Waals surface area contributed by atoms with Crippen LogP contribution in [-0.2, 0) is 0 Å². The Hall–Kier alpha value is -1.45. The first-order valence-electron chi connectivity index (χ1n) is 5.80. The Bertz CT molecular complexity index is 626. The van der Waals surface area contributed by atoms with Crippen LogP contribution < -0.4 is 0 Å². The van der Waals surface area contributed by atoms with E-state index in [2.05, 4.69) is 0 Å². The van der Waals surface area contributed by atoms with E-state index in [1.54, 1.807) is 6.07 Å². The van der Waals surface area contributed by atoms with Gasteiger partial charge in [-0.3, -0.25) is 0 Å². The first-order chi connectivity index (χ1) is 8.90. The average molecular weight is 283 g/mol. The van der Waals surface area contributed by atoms with E-state index in [1.165, 1.54) is 0 Å². The van der Waals surface area contributed by atoms with E-state index in [1.807, 2.05) is 26.0 Å². The minimum Gasteiger partial charge on any atom is -0.384 e. The van der Waals surface area contributed by atoms with Gasteiger partial charge in [0.05, 0.1) is 5.02 Å². The number of rotatable bonds is 2. The molecular formula is C15H13ClF2O. The second-order valence-corrected chi connectivity index (χ2v) is 4.96. The van der Waals surface area contributed by atoms with E-state index in [0.717, 1.165) is 23.3 Å². The third-order valence-corrected chi connectivity index (χ3v) is 3.34. The highest BCUT2D eigenvalue weighted by Crippen LogP contribution is 2.30. The number of aliphatic hydroxyl groups excluding tert-OH is 1. The smallest absolute Gasteiger partial charge is 0.142 e. The van der Waals surface area contributed by atoms with Crippen LogP contribution in [-0.4, -0.2) is 5.11 Å². The minimum absolute atomic E-state index is 0.117. The van der Waals surface area contributed by atoms with Crippen molar-refractivity contribution in [3.8, 4) is 0 Å². The summed E-state index contributed by atoms with van der Waals surface area (Å²) in [6, 6.07) is 7.21. The summed E-state index contributed by atoms with van der Waals surface area (Å²) in [6.45, 7) is 3.74. The zero-order chi connectivity index (χ0) is 14.2. The van der Waals surface area contributed by atoms with Crippen molar-refractivity contribution < 1.29 is 13.9 Å². The highest BCUT2D eigenvalue weighted by molar-refractivity contribution is 6.30. The summed E-state index contributed by atoms with van der Waals surface area (Å²) in [5.74, 6) is -1.47. The Morgan fingerprint density at radius 3 is 2.32 bits per heavy atom. The highest BCUT2D eigenvalue weighted by Gasteiger charge is 2.19. The summed E-state index contributed by atoms with van der Waals surface area (Å²) in [6.07, 6.45) is -1.22. The highest BCUT2D eigenvalue weighted by atomic mass is 35.5. The van der Waals surface area contributed by atoms with Crippen molar-refractivity contribution in [2.24, 2.45) is 0 Å². The van der Waals surface area contributed by atoms with E-state index in [0.29, 0.717) is 5.56 Å². The van der Waals surface area contributed by atoms with Crippen LogP contribution in [0.25, 0.3) is 0 Å². The zero-order valence-electron chi connectivity index (χ0n) is 10.5.